The number of rotatable bonds is 3. The van der Waals surface area contributed by atoms with Gasteiger partial charge in [0.15, 0.2) is 5.13 Å². The molecule has 0 bridgehead atoms. The summed E-state index contributed by atoms with van der Waals surface area (Å²) in [6.45, 7) is 1.90. The summed E-state index contributed by atoms with van der Waals surface area (Å²) in [7, 11) is 0. The van der Waals surface area contributed by atoms with E-state index in [0.29, 0.717) is 11.4 Å². The van der Waals surface area contributed by atoms with E-state index in [4.69, 9.17) is 10.8 Å². The predicted molar refractivity (Wildman–Crippen MR) is 67.9 cm³/mol. The third-order valence-corrected chi connectivity index (χ3v) is 3.03. The molecule has 88 valence electrons. The third-order valence-electron chi connectivity index (χ3n) is 2.16. The van der Waals surface area contributed by atoms with Gasteiger partial charge in [-0.05, 0) is 25.1 Å². The minimum Gasteiger partial charge on any atom is -0.478 e. The van der Waals surface area contributed by atoms with Crippen LogP contribution in [0.5, 0.6) is 0 Å². The number of aryl methyl sites for hydroxylation is 1. The molecule has 1 heterocycles. The zero-order valence-corrected chi connectivity index (χ0v) is 9.91. The number of nitrogens with zero attached hydrogens (tertiary/aromatic N) is 1. The number of nitrogens with two attached hydrogens (primary N) is 1. The molecule has 2 aromatic rings. The maximum Gasteiger partial charge on any atom is 0.335 e. The molecule has 0 aliphatic carbocycles. The van der Waals surface area contributed by atoms with Crippen LogP contribution in [0.3, 0.4) is 0 Å². The van der Waals surface area contributed by atoms with Crippen molar-refractivity contribution in [3.63, 3.8) is 0 Å². The zero-order valence-electron chi connectivity index (χ0n) is 9.10. The van der Waals surface area contributed by atoms with Crippen molar-refractivity contribution in [1.29, 1.82) is 0 Å². The molecule has 17 heavy (non-hydrogen) atoms. The Hall–Kier alpha value is -2.08. The Morgan fingerprint density at radius 2 is 2.29 bits per heavy atom. The van der Waals surface area contributed by atoms with Crippen molar-refractivity contribution in [2.24, 2.45) is 0 Å². The van der Waals surface area contributed by atoms with Crippen LogP contribution in [0.4, 0.5) is 16.5 Å². The van der Waals surface area contributed by atoms with Crippen LogP contribution in [0, 0.1) is 6.92 Å². The number of carboxylic acids is 1. The van der Waals surface area contributed by atoms with Crippen molar-refractivity contribution in [1.82, 2.24) is 4.98 Å². The van der Waals surface area contributed by atoms with Gasteiger partial charge in [0.25, 0.3) is 0 Å². The summed E-state index contributed by atoms with van der Waals surface area (Å²) < 4.78 is 0. The lowest BCUT2D eigenvalue weighted by Crippen LogP contribution is -2.01. The van der Waals surface area contributed by atoms with E-state index in [0.717, 1.165) is 10.8 Å². The molecule has 2 rings (SSSR count). The molecule has 0 saturated carbocycles. The van der Waals surface area contributed by atoms with E-state index < -0.39 is 5.97 Å². The number of nitrogens with one attached hydrogen (secondary N) is 1. The lowest BCUT2D eigenvalue weighted by Gasteiger charge is -2.07. The summed E-state index contributed by atoms with van der Waals surface area (Å²) in [4.78, 5) is 15.0. The molecule has 4 N–H and O–H groups in total. The summed E-state index contributed by atoms with van der Waals surface area (Å²) in [5, 5.41) is 14.5. The largest absolute Gasteiger partial charge is 0.478 e. The Balaban J connectivity index is 2.25. The maximum atomic E-state index is 10.7. The van der Waals surface area contributed by atoms with Gasteiger partial charge in [-0.3, -0.25) is 0 Å². The molecule has 0 saturated heterocycles. The molecule has 1 aromatic carbocycles. The number of benzene rings is 1. The summed E-state index contributed by atoms with van der Waals surface area (Å²) in [6.07, 6.45) is 0. The molecular weight excluding hydrogens is 238 g/mol. The highest BCUT2D eigenvalue weighted by Gasteiger charge is 2.07. The van der Waals surface area contributed by atoms with Crippen LogP contribution in [0.1, 0.15) is 16.1 Å². The van der Waals surface area contributed by atoms with Crippen molar-refractivity contribution in [2.45, 2.75) is 6.92 Å². The first-order valence-corrected chi connectivity index (χ1v) is 5.76. The van der Waals surface area contributed by atoms with Crippen molar-refractivity contribution in [3.8, 4) is 0 Å². The number of carboxylic acid groups (broad SMARTS) is 1. The first-order valence-electron chi connectivity index (χ1n) is 4.88. The lowest BCUT2D eigenvalue weighted by atomic mass is 10.2. The number of nitrogen functional groups attached to an aromatic ring is 1. The van der Waals surface area contributed by atoms with E-state index in [9.17, 15) is 4.79 Å². The fourth-order valence-corrected chi connectivity index (χ4v) is 2.04. The molecule has 0 radical (unpaired) electrons. The highest BCUT2D eigenvalue weighted by atomic mass is 32.1. The van der Waals surface area contributed by atoms with Gasteiger partial charge in [-0.1, -0.05) is 0 Å². The van der Waals surface area contributed by atoms with Crippen LogP contribution in [0.2, 0.25) is 0 Å². The van der Waals surface area contributed by atoms with Crippen molar-refractivity contribution < 1.29 is 9.90 Å². The second-order valence-electron chi connectivity index (χ2n) is 3.53. The molecule has 0 aliphatic rings. The normalized spacial score (nSPS) is 10.2. The Bertz CT molecular complexity index is 566. The number of aromatic nitrogens is 1. The lowest BCUT2D eigenvalue weighted by molar-refractivity contribution is 0.0697. The Morgan fingerprint density at radius 3 is 2.82 bits per heavy atom. The van der Waals surface area contributed by atoms with E-state index in [1.165, 1.54) is 23.5 Å². The quantitative estimate of drug-likeness (QED) is 0.727. The van der Waals surface area contributed by atoms with Gasteiger partial charge in [-0.25, -0.2) is 9.78 Å². The molecular formula is C11H11N3O2S. The van der Waals surface area contributed by atoms with Crippen LogP contribution in [-0.2, 0) is 0 Å². The summed E-state index contributed by atoms with van der Waals surface area (Å²) in [5.74, 6) is -0.992. The number of thiazole rings is 1. The van der Waals surface area contributed by atoms with E-state index in [2.05, 4.69) is 10.3 Å². The maximum absolute atomic E-state index is 10.7. The van der Waals surface area contributed by atoms with Gasteiger partial charge < -0.3 is 16.2 Å². The predicted octanol–water partition coefficient (Wildman–Crippen LogP) is 2.48. The molecule has 5 nitrogen and oxygen atoms in total. The smallest absolute Gasteiger partial charge is 0.335 e. The van der Waals surface area contributed by atoms with E-state index >= 15 is 0 Å². The number of hydrogen-bond acceptors (Lipinski definition) is 5. The molecule has 0 aliphatic heterocycles. The van der Waals surface area contributed by atoms with Gasteiger partial charge >= 0.3 is 5.97 Å². The summed E-state index contributed by atoms with van der Waals surface area (Å²) >= 11 is 1.47. The van der Waals surface area contributed by atoms with Gasteiger partial charge in [0.2, 0.25) is 0 Å². The summed E-state index contributed by atoms with van der Waals surface area (Å²) in [6, 6.07) is 4.56. The number of aromatic carboxylic acids is 1. The average molecular weight is 249 g/mol. The Kier molecular flexibility index (Phi) is 2.97. The molecule has 0 fully saturated rings. The average Bonchev–Trinajstić information content (AvgIpc) is 2.67. The first-order chi connectivity index (χ1) is 8.06. The number of hydrogen-bond donors (Lipinski definition) is 3. The second-order valence-corrected chi connectivity index (χ2v) is 4.38. The Labute approximate surface area is 102 Å². The molecule has 0 amide bonds. The van der Waals surface area contributed by atoms with Crippen molar-refractivity contribution >= 4 is 33.8 Å². The van der Waals surface area contributed by atoms with Gasteiger partial charge in [-0.15, -0.1) is 11.3 Å². The molecule has 1 aromatic heterocycles. The van der Waals surface area contributed by atoms with Gasteiger partial charge in [0.1, 0.15) is 0 Å². The van der Waals surface area contributed by atoms with E-state index in [1.807, 2.05) is 12.3 Å². The minimum absolute atomic E-state index is 0.170. The van der Waals surface area contributed by atoms with Gasteiger partial charge in [0, 0.05) is 5.38 Å². The van der Waals surface area contributed by atoms with Gasteiger partial charge in [0.05, 0.1) is 22.6 Å². The van der Waals surface area contributed by atoms with E-state index in [-0.39, 0.29) is 5.56 Å². The van der Waals surface area contributed by atoms with Gasteiger partial charge in [-0.2, -0.15) is 0 Å². The topological polar surface area (TPSA) is 88.2 Å². The van der Waals surface area contributed by atoms with Crippen LogP contribution in [0.25, 0.3) is 0 Å². The fourth-order valence-electron chi connectivity index (χ4n) is 1.34. The number of anilines is 3. The molecule has 6 heteroatoms. The highest BCUT2D eigenvalue weighted by molar-refractivity contribution is 7.13. The second kappa shape index (κ2) is 4.42. The van der Waals surface area contributed by atoms with Crippen LogP contribution < -0.4 is 11.1 Å². The Morgan fingerprint density at radius 1 is 1.53 bits per heavy atom. The SMILES string of the molecule is Cc1csc(Nc2ccc(C(=O)O)cc2N)n1. The highest BCUT2D eigenvalue weighted by Crippen LogP contribution is 2.26. The standard InChI is InChI=1S/C11H11N3O2S/c1-6-5-17-11(13-6)14-9-3-2-7(10(15)16)4-8(9)12/h2-5H,12H2,1H3,(H,13,14)(H,15,16). The van der Waals surface area contributed by atoms with Crippen LogP contribution >= 0.6 is 11.3 Å². The molecule has 0 spiro atoms. The van der Waals surface area contributed by atoms with E-state index in [1.54, 1.807) is 6.07 Å². The monoisotopic (exact) mass is 249 g/mol. The summed E-state index contributed by atoms with van der Waals surface area (Å²) in [5.41, 5.74) is 7.91. The van der Waals surface area contributed by atoms with Crippen LogP contribution in [0.15, 0.2) is 23.6 Å². The fraction of sp³-hybridized carbons (Fsp3) is 0.0909. The zero-order chi connectivity index (χ0) is 12.4. The number of carbonyl (C=O) groups is 1. The third kappa shape index (κ3) is 2.54. The molecule has 0 atom stereocenters. The van der Waals surface area contributed by atoms with Crippen molar-refractivity contribution in [2.75, 3.05) is 11.1 Å². The first kappa shape index (κ1) is 11.4. The van der Waals surface area contributed by atoms with Crippen molar-refractivity contribution in [3.05, 3.63) is 34.8 Å². The minimum atomic E-state index is -0.992. The molecule has 0 unspecified atom stereocenters. The van der Waals surface area contributed by atoms with Crippen LogP contribution in [-0.4, -0.2) is 16.1 Å².